The minimum absolute atomic E-state index is 0.283. The second-order valence-electron chi connectivity index (χ2n) is 6.36. The molecule has 2 rings (SSSR count). The molecule has 4 nitrogen and oxygen atoms in total. The SMILES string of the molecule is CN(C)CC1CCN(C(=O)C2(C)CCCN2)CC1. The maximum atomic E-state index is 12.5. The van der Waals surface area contributed by atoms with Gasteiger partial charge in [0.15, 0.2) is 0 Å². The zero-order valence-electron chi connectivity index (χ0n) is 12.0. The zero-order valence-corrected chi connectivity index (χ0v) is 12.0. The third-order valence-electron chi connectivity index (χ3n) is 4.37. The second-order valence-corrected chi connectivity index (χ2v) is 6.36. The van der Waals surface area contributed by atoms with Crippen molar-refractivity contribution >= 4 is 5.91 Å². The van der Waals surface area contributed by atoms with Gasteiger partial charge in [-0.25, -0.2) is 0 Å². The van der Waals surface area contributed by atoms with Crippen LogP contribution in [0.15, 0.2) is 0 Å². The highest BCUT2D eigenvalue weighted by atomic mass is 16.2. The van der Waals surface area contributed by atoms with Crippen LogP contribution in [0.4, 0.5) is 0 Å². The number of nitrogens with zero attached hydrogens (tertiary/aromatic N) is 2. The Kier molecular flexibility index (Phi) is 4.28. The summed E-state index contributed by atoms with van der Waals surface area (Å²) in [7, 11) is 4.25. The molecular formula is C14H27N3O. The van der Waals surface area contributed by atoms with E-state index in [9.17, 15) is 4.79 Å². The van der Waals surface area contributed by atoms with Crippen LogP contribution in [0.5, 0.6) is 0 Å². The van der Waals surface area contributed by atoms with Gasteiger partial charge in [-0.05, 0) is 59.2 Å². The fraction of sp³-hybridized carbons (Fsp3) is 0.929. The lowest BCUT2D eigenvalue weighted by Crippen LogP contribution is -2.54. The van der Waals surface area contributed by atoms with Crippen LogP contribution in [-0.4, -0.2) is 61.5 Å². The number of rotatable bonds is 3. The van der Waals surface area contributed by atoms with Gasteiger partial charge in [0.05, 0.1) is 5.54 Å². The van der Waals surface area contributed by atoms with Crippen molar-refractivity contribution in [1.29, 1.82) is 0 Å². The van der Waals surface area contributed by atoms with Crippen LogP contribution >= 0.6 is 0 Å². The van der Waals surface area contributed by atoms with E-state index in [0.717, 1.165) is 57.8 Å². The molecule has 0 aliphatic carbocycles. The Morgan fingerprint density at radius 2 is 2.06 bits per heavy atom. The van der Waals surface area contributed by atoms with E-state index < -0.39 is 0 Å². The van der Waals surface area contributed by atoms with E-state index in [1.807, 2.05) is 0 Å². The summed E-state index contributed by atoms with van der Waals surface area (Å²) >= 11 is 0. The number of hydrogen-bond acceptors (Lipinski definition) is 3. The van der Waals surface area contributed by atoms with Gasteiger partial charge >= 0.3 is 0 Å². The summed E-state index contributed by atoms with van der Waals surface area (Å²) < 4.78 is 0. The molecule has 0 aromatic rings. The summed E-state index contributed by atoms with van der Waals surface area (Å²) in [5.74, 6) is 1.08. The van der Waals surface area contributed by atoms with Gasteiger partial charge in [-0.1, -0.05) is 0 Å². The van der Waals surface area contributed by atoms with Gasteiger partial charge in [0.2, 0.25) is 5.91 Å². The summed E-state index contributed by atoms with van der Waals surface area (Å²) in [6.07, 6.45) is 4.42. The van der Waals surface area contributed by atoms with Crippen molar-refractivity contribution < 1.29 is 4.79 Å². The lowest BCUT2D eigenvalue weighted by Gasteiger charge is -2.37. The Morgan fingerprint density at radius 1 is 1.39 bits per heavy atom. The molecule has 2 saturated heterocycles. The Labute approximate surface area is 111 Å². The normalized spacial score (nSPS) is 30.1. The minimum atomic E-state index is -0.283. The quantitative estimate of drug-likeness (QED) is 0.813. The van der Waals surface area contributed by atoms with Crippen molar-refractivity contribution in [1.82, 2.24) is 15.1 Å². The molecule has 2 fully saturated rings. The third kappa shape index (κ3) is 3.04. The van der Waals surface area contributed by atoms with Crippen molar-refractivity contribution in [2.24, 2.45) is 5.92 Å². The van der Waals surface area contributed by atoms with Crippen LogP contribution in [0.2, 0.25) is 0 Å². The summed E-state index contributed by atoms with van der Waals surface area (Å²) in [4.78, 5) is 16.8. The van der Waals surface area contributed by atoms with E-state index >= 15 is 0 Å². The molecule has 4 heteroatoms. The fourth-order valence-corrected chi connectivity index (χ4v) is 3.26. The number of nitrogens with one attached hydrogen (secondary N) is 1. The molecule has 2 heterocycles. The van der Waals surface area contributed by atoms with E-state index in [-0.39, 0.29) is 5.54 Å². The van der Waals surface area contributed by atoms with Crippen molar-refractivity contribution in [3.8, 4) is 0 Å². The van der Waals surface area contributed by atoms with Crippen LogP contribution in [0.3, 0.4) is 0 Å². The van der Waals surface area contributed by atoms with Gasteiger partial charge in [-0.15, -0.1) is 0 Å². The monoisotopic (exact) mass is 253 g/mol. The van der Waals surface area contributed by atoms with E-state index in [2.05, 4.69) is 36.1 Å². The average Bonchev–Trinajstić information content (AvgIpc) is 2.77. The third-order valence-corrected chi connectivity index (χ3v) is 4.37. The average molecular weight is 253 g/mol. The molecule has 1 amide bonds. The lowest BCUT2D eigenvalue weighted by molar-refractivity contribution is -0.138. The molecule has 1 unspecified atom stereocenters. The summed E-state index contributed by atoms with van der Waals surface area (Å²) in [6.45, 7) is 6.08. The van der Waals surface area contributed by atoms with E-state index in [1.165, 1.54) is 0 Å². The van der Waals surface area contributed by atoms with Crippen molar-refractivity contribution in [2.45, 2.75) is 38.1 Å². The van der Waals surface area contributed by atoms with Crippen LogP contribution < -0.4 is 5.32 Å². The molecule has 2 aliphatic heterocycles. The highest BCUT2D eigenvalue weighted by molar-refractivity contribution is 5.86. The predicted octanol–water partition coefficient (Wildman–Crippen LogP) is 0.929. The minimum Gasteiger partial charge on any atom is -0.341 e. The fourth-order valence-electron chi connectivity index (χ4n) is 3.26. The molecule has 0 bridgehead atoms. The Hall–Kier alpha value is -0.610. The largest absolute Gasteiger partial charge is 0.341 e. The highest BCUT2D eigenvalue weighted by Crippen LogP contribution is 2.25. The number of likely N-dealkylation sites (tertiary alicyclic amines) is 1. The summed E-state index contributed by atoms with van der Waals surface area (Å²) in [5.41, 5.74) is -0.283. The first-order valence-electron chi connectivity index (χ1n) is 7.20. The molecule has 2 aliphatic rings. The van der Waals surface area contributed by atoms with Gasteiger partial charge in [0.25, 0.3) is 0 Å². The first-order valence-corrected chi connectivity index (χ1v) is 7.20. The van der Waals surface area contributed by atoms with Gasteiger partial charge in [-0.2, -0.15) is 0 Å². The van der Waals surface area contributed by atoms with Crippen molar-refractivity contribution in [2.75, 3.05) is 40.3 Å². The number of amides is 1. The van der Waals surface area contributed by atoms with Gasteiger partial charge < -0.3 is 15.1 Å². The maximum Gasteiger partial charge on any atom is 0.242 e. The number of carbonyl (C=O) groups is 1. The molecule has 0 aromatic heterocycles. The van der Waals surface area contributed by atoms with E-state index in [1.54, 1.807) is 0 Å². The maximum absolute atomic E-state index is 12.5. The number of carbonyl (C=O) groups excluding carboxylic acids is 1. The molecule has 0 saturated carbocycles. The summed E-state index contributed by atoms with van der Waals surface area (Å²) in [5, 5.41) is 3.37. The molecule has 0 radical (unpaired) electrons. The smallest absolute Gasteiger partial charge is 0.242 e. The lowest BCUT2D eigenvalue weighted by atomic mass is 9.93. The number of piperidine rings is 1. The van der Waals surface area contributed by atoms with Crippen LogP contribution in [0.1, 0.15) is 32.6 Å². The van der Waals surface area contributed by atoms with Crippen LogP contribution in [-0.2, 0) is 4.79 Å². The standard InChI is InChI=1S/C14H27N3O/c1-14(7-4-8-15-14)13(18)17-9-5-12(6-10-17)11-16(2)3/h12,15H,4-11H2,1-3H3. The Morgan fingerprint density at radius 3 is 2.56 bits per heavy atom. The molecule has 18 heavy (non-hydrogen) atoms. The van der Waals surface area contributed by atoms with Gasteiger partial charge in [-0.3, -0.25) is 4.79 Å². The number of hydrogen-bond donors (Lipinski definition) is 1. The Bertz CT molecular complexity index is 289. The molecule has 0 spiro atoms. The topological polar surface area (TPSA) is 35.6 Å². The molecule has 1 atom stereocenters. The van der Waals surface area contributed by atoms with E-state index in [4.69, 9.17) is 0 Å². The zero-order chi connectivity index (χ0) is 13.2. The predicted molar refractivity (Wildman–Crippen MR) is 73.5 cm³/mol. The second kappa shape index (κ2) is 5.57. The highest BCUT2D eigenvalue weighted by Gasteiger charge is 2.39. The van der Waals surface area contributed by atoms with Crippen molar-refractivity contribution in [3.63, 3.8) is 0 Å². The van der Waals surface area contributed by atoms with Crippen molar-refractivity contribution in [3.05, 3.63) is 0 Å². The molecule has 0 aromatic carbocycles. The van der Waals surface area contributed by atoms with Gasteiger partial charge in [0, 0.05) is 19.6 Å². The molecular weight excluding hydrogens is 226 g/mol. The van der Waals surface area contributed by atoms with Crippen LogP contribution in [0.25, 0.3) is 0 Å². The molecule has 1 N–H and O–H groups in total. The first-order chi connectivity index (χ1) is 8.51. The molecule has 104 valence electrons. The van der Waals surface area contributed by atoms with Gasteiger partial charge in [0.1, 0.15) is 0 Å². The summed E-state index contributed by atoms with van der Waals surface area (Å²) in [6, 6.07) is 0. The first kappa shape index (κ1) is 13.8. The van der Waals surface area contributed by atoms with Crippen LogP contribution in [0, 0.1) is 5.92 Å². The Balaban J connectivity index is 1.84. The van der Waals surface area contributed by atoms with E-state index in [0.29, 0.717) is 5.91 Å².